The minimum absolute atomic E-state index is 0.0756. The molecule has 2 N–H and O–H groups in total. The van der Waals surface area contributed by atoms with Crippen molar-refractivity contribution in [1.82, 2.24) is 5.32 Å². The molecule has 0 radical (unpaired) electrons. The molecule has 1 rings (SSSR count). The summed E-state index contributed by atoms with van der Waals surface area (Å²) in [5.74, 6) is -1.64. The quantitative estimate of drug-likeness (QED) is 0.299. The minimum atomic E-state index is -3.27. The number of hydrogen-bond acceptors (Lipinski definition) is 5. The number of carboxylic acid groups (broad SMARTS) is 1. The van der Waals surface area contributed by atoms with Crippen molar-refractivity contribution >= 4 is 15.8 Å². The Kier molecular flexibility index (Phi) is 4.33. The van der Waals surface area contributed by atoms with Gasteiger partial charge in [0.05, 0.1) is 11.5 Å². The summed E-state index contributed by atoms with van der Waals surface area (Å²) in [5, 5.41) is 15.1. The van der Waals surface area contributed by atoms with Crippen molar-refractivity contribution in [3.8, 4) is 0 Å². The van der Waals surface area contributed by atoms with Gasteiger partial charge in [-0.25, -0.2) is 8.42 Å². The summed E-state index contributed by atoms with van der Waals surface area (Å²) >= 11 is 0. The molecule has 1 aliphatic rings. The van der Waals surface area contributed by atoms with E-state index in [4.69, 9.17) is 10.6 Å². The molecule has 0 aromatic heterocycles. The standard InChI is InChI=1S/C8H14N4O4S/c9-12-11-4-1-3-10-8(7(13)14)2-5-17(15,16)6-8/h10H,1-6H2,(H,13,14). The van der Waals surface area contributed by atoms with E-state index < -0.39 is 21.3 Å². The molecule has 17 heavy (non-hydrogen) atoms. The largest absolute Gasteiger partial charge is 0.480 e. The first kappa shape index (κ1) is 13.8. The average Bonchev–Trinajstić information content (AvgIpc) is 2.55. The third-order valence-corrected chi connectivity index (χ3v) is 4.44. The van der Waals surface area contributed by atoms with Crippen LogP contribution >= 0.6 is 0 Å². The molecule has 1 fully saturated rings. The Morgan fingerprint density at radius 1 is 1.59 bits per heavy atom. The average molecular weight is 262 g/mol. The van der Waals surface area contributed by atoms with Gasteiger partial charge in [0.25, 0.3) is 0 Å². The van der Waals surface area contributed by atoms with Gasteiger partial charge < -0.3 is 10.4 Å². The molecule has 0 bridgehead atoms. The van der Waals surface area contributed by atoms with E-state index in [1.165, 1.54) is 0 Å². The highest BCUT2D eigenvalue weighted by Gasteiger charge is 2.47. The van der Waals surface area contributed by atoms with Gasteiger partial charge in [-0.3, -0.25) is 4.79 Å². The van der Waals surface area contributed by atoms with Gasteiger partial charge in [-0.15, -0.1) is 0 Å². The van der Waals surface area contributed by atoms with Crippen molar-refractivity contribution in [2.24, 2.45) is 5.11 Å². The van der Waals surface area contributed by atoms with Crippen LogP contribution in [0.3, 0.4) is 0 Å². The van der Waals surface area contributed by atoms with Crippen LogP contribution in [0.25, 0.3) is 10.4 Å². The Balaban J connectivity index is 2.56. The van der Waals surface area contributed by atoms with Crippen LogP contribution in [0.5, 0.6) is 0 Å². The molecule has 1 unspecified atom stereocenters. The van der Waals surface area contributed by atoms with Crippen LogP contribution in [0.1, 0.15) is 12.8 Å². The molecule has 0 aromatic rings. The number of carboxylic acids is 1. The zero-order valence-electron chi connectivity index (χ0n) is 9.16. The van der Waals surface area contributed by atoms with Crippen LogP contribution in [0.2, 0.25) is 0 Å². The molecule has 1 aliphatic heterocycles. The van der Waals surface area contributed by atoms with E-state index in [-0.39, 0.29) is 24.5 Å². The maximum Gasteiger partial charge on any atom is 0.324 e. The van der Waals surface area contributed by atoms with Crippen molar-refractivity contribution in [2.45, 2.75) is 18.4 Å². The van der Waals surface area contributed by atoms with E-state index >= 15 is 0 Å². The summed E-state index contributed by atoms with van der Waals surface area (Å²) in [7, 11) is -3.27. The van der Waals surface area contributed by atoms with Gasteiger partial charge in [0.2, 0.25) is 0 Å². The number of carbonyl (C=O) groups is 1. The van der Waals surface area contributed by atoms with Crippen molar-refractivity contribution in [2.75, 3.05) is 24.6 Å². The second-order valence-electron chi connectivity index (χ2n) is 3.96. The fourth-order valence-electron chi connectivity index (χ4n) is 1.76. The zero-order chi connectivity index (χ0) is 12.9. The third-order valence-electron chi connectivity index (χ3n) is 2.68. The Bertz CT molecular complexity index is 442. The van der Waals surface area contributed by atoms with Gasteiger partial charge in [0.1, 0.15) is 5.54 Å². The number of nitrogens with zero attached hydrogens (tertiary/aromatic N) is 3. The highest BCUT2D eigenvalue weighted by molar-refractivity contribution is 7.91. The van der Waals surface area contributed by atoms with Gasteiger partial charge in [-0.1, -0.05) is 5.11 Å². The first-order valence-corrected chi connectivity index (χ1v) is 6.94. The highest BCUT2D eigenvalue weighted by atomic mass is 32.2. The lowest BCUT2D eigenvalue weighted by molar-refractivity contribution is -0.143. The van der Waals surface area contributed by atoms with Crippen LogP contribution in [0, 0.1) is 0 Å². The molecule has 8 nitrogen and oxygen atoms in total. The van der Waals surface area contributed by atoms with Gasteiger partial charge in [-0.2, -0.15) is 0 Å². The van der Waals surface area contributed by atoms with Crippen LogP contribution < -0.4 is 5.32 Å². The normalized spacial score (nSPS) is 26.4. The molecule has 9 heteroatoms. The van der Waals surface area contributed by atoms with Crippen LogP contribution in [0.4, 0.5) is 0 Å². The van der Waals surface area contributed by atoms with E-state index in [1.54, 1.807) is 0 Å². The molecule has 1 heterocycles. The summed E-state index contributed by atoms with van der Waals surface area (Å²) in [6.07, 6.45) is 0.547. The number of azide groups is 1. The molecule has 1 saturated heterocycles. The van der Waals surface area contributed by atoms with Crippen LogP contribution in [-0.2, 0) is 14.6 Å². The SMILES string of the molecule is [N-]=[N+]=NCCCNC1(C(=O)O)CCS(=O)(=O)C1. The zero-order valence-corrected chi connectivity index (χ0v) is 9.98. The van der Waals surface area contributed by atoms with Crippen molar-refractivity contribution in [3.05, 3.63) is 10.4 Å². The second kappa shape index (κ2) is 5.35. The number of sulfone groups is 1. The van der Waals surface area contributed by atoms with Gasteiger partial charge in [0, 0.05) is 11.5 Å². The van der Waals surface area contributed by atoms with Crippen LogP contribution in [0.15, 0.2) is 5.11 Å². The summed E-state index contributed by atoms with van der Waals surface area (Å²) in [4.78, 5) is 13.7. The molecule has 1 atom stereocenters. The van der Waals surface area contributed by atoms with Crippen molar-refractivity contribution in [1.29, 1.82) is 0 Å². The van der Waals surface area contributed by atoms with E-state index in [9.17, 15) is 13.2 Å². The predicted molar refractivity (Wildman–Crippen MR) is 60.3 cm³/mol. The van der Waals surface area contributed by atoms with E-state index in [0.29, 0.717) is 13.0 Å². The number of aliphatic carboxylic acids is 1. The monoisotopic (exact) mass is 262 g/mol. The smallest absolute Gasteiger partial charge is 0.324 e. The molecule has 0 spiro atoms. The Morgan fingerprint density at radius 3 is 2.76 bits per heavy atom. The topological polar surface area (TPSA) is 132 Å². The second-order valence-corrected chi connectivity index (χ2v) is 6.15. The molecule has 0 saturated carbocycles. The lowest BCUT2D eigenvalue weighted by Gasteiger charge is -2.23. The van der Waals surface area contributed by atoms with Gasteiger partial charge in [-0.05, 0) is 24.9 Å². The fraction of sp³-hybridized carbons (Fsp3) is 0.875. The highest BCUT2D eigenvalue weighted by Crippen LogP contribution is 2.23. The van der Waals surface area contributed by atoms with Crippen molar-refractivity contribution in [3.63, 3.8) is 0 Å². The number of rotatable bonds is 6. The van der Waals surface area contributed by atoms with Crippen LogP contribution in [-0.4, -0.2) is 49.6 Å². The molecule has 0 aliphatic carbocycles. The molecule has 0 amide bonds. The Labute approximate surface area is 98.6 Å². The Morgan fingerprint density at radius 2 is 2.29 bits per heavy atom. The van der Waals surface area contributed by atoms with Gasteiger partial charge >= 0.3 is 5.97 Å². The predicted octanol–water partition coefficient (Wildman–Crippen LogP) is -0.0817. The summed E-state index contributed by atoms with van der Waals surface area (Å²) in [6.45, 7) is 0.562. The maximum absolute atomic E-state index is 11.3. The first-order valence-electron chi connectivity index (χ1n) is 5.12. The molecular formula is C8H14N4O4S. The fourth-order valence-corrected chi connectivity index (χ4v) is 3.68. The number of nitrogens with one attached hydrogen (secondary N) is 1. The third kappa shape index (κ3) is 3.58. The summed E-state index contributed by atoms with van der Waals surface area (Å²) in [5.41, 5.74) is 6.67. The summed E-state index contributed by atoms with van der Waals surface area (Å²) < 4.78 is 22.6. The molecular weight excluding hydrogens is 248 g/mol. The van der Waals surface area contributed by atoms with Crippen molar-refractivity contribution < 1.29 is 18.3 Å². The summed E-state index contributed by atoms with van der Waals surface area (Å²) in [6, 6.07) is 0. The Hall–Kier alpha value is -1.31. The first-order chi connectivity index (χ1) is 7.92. The lowest BCUT2D eigenvalue weighted by atomic mass is 9.99. The van der Waals surface area contributed by atoms with E-state index in [1.807, 2.05) is 0 Å². The van der Waals surface area contributed by atoms with Gasteiger partial charge in [0.15, 0.2) is 9.84 Å². The van der Waals surface area contributed by atoms with E-state index in [0.717, 1.165) is 0 Å². The molecule has 96 valence electrons. The molecule has 0 aromatic carbocycles. The van der Waals surface area contributed by atoms with E-state index in [2.05, 4.69) is 15.3 Å². The maximum atomic E-state index is 11.3. The number of hydrogen-bond donors (Lipinski definition) is 2. The minimum Gasteiger partial charge on any atom is -0.480 e. The lowest BCUT2D eigenvalue weighted by Crippen LogP contribution is -2.53.